The van der Waals surface area contributed by atoms with E-state index in [1.54, 1.807) is 19.2 Å². The van der Waals surface area contributed by atoms with Gasteiger partial charge in [0.05, 0.1) is 28.1 Å². The van der Waals surface area contributed by atoms with Crippen molar-refractivity contribution in [2.45, 2.75) is 6.54 Å². The van der Waals surface area contributed by atoms with E-state index in [1.807, 2.05) is 0 Å². The molecule has 1 aromatic carbocycles. The van der Waals surface area contributed by atoms with Crippen LogP contribution in [0.4, 0.5) is 5.69 Å². The van der Waals surface area contributed by atoms with Crippen LogP contribution in [0.25, 0.3) is 0 Å². The maximum atomic E-state index is 10.6. The number of hydrogen-bond acceptors (Lipinski definition) is 5. The van der Waals surface area contributed by atoms with Gasteiger partial charge >= 0.3 is 5.69 Å². The molecule has 0 radical (unpaired) electrons. The normalized spacial score (nSPS) is 10.9. The van der Waals surface area contributed by atoms with Crippen LogP contribution in [0.15, 0.2) is 29.5 Å². The molecule has 0 saturated heterocycles. The summed E-state index contributed by atoms with van der Waals surface area (Å²) < 4.78 is 7.05. The molecule has 0 fully saturated rings. The van der Waals surface area contributed by atoms with Gasteiger partial charge in [-0.05, 0) is 12.1 Å². The highest BCUT2D eigenvalue weighted by Crippen LogP contribution is 2.35. The molecule has 0 spiro atoms. The molecule has 9 nitrogen and oxygen atoms in total. The molecular formula is C15H18Cl3IN6O3. The van der Waals surface area contributed by atoms with E-state index in [-0.39, 0.29) is 29.7 Å². The van der Waals surface area contributed by atoms with E-state index in [9.17, 15) is 10.1 Å². The molecule has 0 aliphatic heterocycles. The fourth-order valence-electron chi connectivity index (χ4n) is 2.07. The topological polar surface area (TPSA) is 107 Å². The Balaban J connectivity index is 0.00000392. The van der Waals surface area contributed by atoms with E-state index >= 15 is 0 Å². The fraction of sp³-hybridized carbons (Fsp3) is 0.333. The van der Waals surface area contributed by atoms with E-state index in [0.29, 0.717) is 53.0 Å². The number of nitro groups is 1. The number of halogens is 4. The van der Waals surface area contributed by atoms with Crippen LogP contribution >= 0.6 is 58.8 Å². The van der Waals surface area contributed by atoms with Gasteiger partial charge < -0.3 is 15.4 Å². The molecule has 28 heavy (non-hydrogen) atoms. The molecule has 0 atom stereocenters. The van der Waals surface area contributed by atoms with Crippen LogP contribution in [0.2, 0.25) is 15.1 Å². The Labute approximate surface area is 193 Å². The minimum Gasteiger partial charge on any atom is -0.489 e. The highest BCUT2D eigenvalue weighted by molar-refractivity contribution is 14.0. The third kappa shape index (κ3) is 7.49. The predicted octanol–water partition coefficient (Wildman–Crippen LogP) is 3.61. The molecule has 2 N–H and O–H groups in total. The van der Waals surface area contributed by atoms with E-state index < -0.39 is 4.92 Å². The lowest BCUT2D eigenvalue weighted by atomic mass is 10.3. The summed E-state index contributed by atoms with van der Waals surface area (Å²) in [5, 5.41) is 21.8. The summed E-state index contributed by atoms with van der Waals surface area (Å²) in [6, 6.07) is 3.11. The van der Waals surface area contributed by atoms with Crippen LogP contribution in [0.5, 0.6) is 5.75 Å². The molecule has 1 aromatic heterocycles. The third-order valence-corrected chi connectivity index (χ3v) is 4.07. The molecule has 1 heterocycles. The maximum absolute atomic E-state index is 10.6. The summed E-state index contributed by atoms with van der Waals surface area (Å²) in [5.74, 6) is 0.918. The number of benzene rings is 1. The van der Waals surface area contributed by atoms with E-state index in [1.165, 1.54) is 17.1 Å². The maximum Gasteiger partial charge on any atom is 0.306 e. The van der Waals surface area contributed by atoms with Crippen LogP contribution < -0.4 is 15.4 Å². The summed E-state index contributed by atoms with van der Waals surface area (Å²) in [4.78, 5) is 14.2. The van der Waals surface area contributed by atoms with Crippen molar-refractivity contribution in [3.63, 3.8) is 0 Å². The van der Waals surface area contributed by atoms with Crippen LogP contribution in [0.1, 0.15) is 0 Å². The molecule has 0 aliphatic carbocycles. The van der Waals surface area contributed by atoms with Gasteiger partial charge in [0.15, 0.2) is 11.7 Å². The Morgan fingerprint density at radius 2 is 1.93 bits per heavy atom. The number of ether oxygens (including phenoxy) is 1. The highest BCUT2D eigenvalue weighted by atomic mass is 127. The van der Waals surface area contributed by atoms with Crippen LogP contribution in [-0.2, 0) is 6.54 Å². The molecule has 13 heteroatoms. The average molecular weight is 564 g/mol. The monoisotopic (exact) mass is 562 g/mol. The average Bonchev–Trinajstić information content (AvgIpc) is 3.07. The van der Waals surface area contributed by atoms with Crippen LogP contribution in [-0.4, -0.2) is 47.4 Å². The van der Waals surface area contributed by atoms with Crippen LogP contribution in [0, 0.1) is 10.1 Å². The second kappa shape index (κ2) is 12.1. The number of guanidine groups is 1. The van der Waals surface area contributed by atoms with Gasteiger partial charge in [-0.3, -0.25) is 19.8 Å². The minimum absolute atomic E-state index is 0. The standard InChI is InChI=1S/C15H17Cl3N6O3.HI/c1-19-15(20-2-4-23-9-11(8-22-23)24(25)26)21-3-5-27-14-12(17)6-10(16)7-13(14)18;/h6-9H,2-5H2,1H3,(H2,19,20,21);1H. The van der Waals surface area contributed by atoms with Crippen molar-refractivity contribution < 1.29 is 9.66 Å². The van der Waals surface area contributed by atoms with Gasteiger partial charge in [0.1, 0.15) is 19.0 Å². The second-order valence-electron chi connectivity index (χ2n) is 5.19. The van der Waals surface area contributed by atoms with Gasteiger partial charge in [0.25, 0.3) is 0 Å². The second-order valence-corrected chi connectivity index (χ2v) is 6.44. The zero-order valence-corrected chi connectivity index (χ0v) is 19.3. The van der Waals surface area contributed by atoms with E-state index in [4.69, 9.17) is 39.5 Å². The molecule has 0 saturated carbocycles. The van der Waals surface area contributed by atoms with Gasteiger partial charge in [-0.2, -0.15) is 5.10 Å². The van der Waals surface area contributed by atoms with Gasteiger partial charge in [-0.25, -0.2) is 0 Å². The molecule has 0 bridgehead atoms. The number of nitrogens with zero attached hydrogens (tertiary/aromatic N) is 4. The van der Waals surface area contributed by atoms with Gasteiger partial charge in [-0.15, -0.1) is 24.0 Å². The largest absolute Gasteiger partial charge is 0.489 e. The van der Waals surface area contributed by atoms with Crippen molar-refractivity contribution in [3.05, 3.63) is 49.7 Å². The Hall–Kier alpha value is -1.50. The fourth-order valence-corrected chi connectivity index (χ4v) is 2.99. The number of rotatable bonds is 8. The number of nitrogens with one attached hydrogen (secondary N) is 2. The molecule has 154 valence electrons. The Bertz CT molecular complexity index is 810. The van der Waals surface area contributed by atoms with Gasteiger partial charge in [0.2, 0.25) is 0 Å². The van der Waals surface area contributed by atoms with E-state index in [2.05, 4.69) is 20.7 Å². The minimum atomic E-state index is -0.489. The predicted molar refractivity (Wildman–Crippen MR) is 121 cm³/mol. The molecular weight excluding hydrogens is 545 g/mol. The molecule has 0 amide bonds. The van der Waals surface area contributed by atoms with Crippen LogP contribution in [0.3, 0.4) is 0 Å². The Morgan fingerprint density at radius 3 is 2.50 bits per heavy atom. The van der Waals surface area contributed by atoms with Crippen molar-refractivity contribution in [1.29, 1.82) is 0 Å². The summed E-state index contributed by atoms with van der Waals surface area (Å²) >= 11 is 18.0. The van der Waals surface area contributed by atoms with Gasteiger partial charge in [0, 0.05) is 18.6 Å². The summed E-state index contributed by atoms with van der Waals surface area (Å²) in [6.07, 6.45) is 2.57. The smallest absolute Gasteiger partial charge is 0.306 e. The third-order valence-electron chi connectivity index (χ3n) is 3.29. The first-order valence-corrected chi connectivity index (χ1v) is 8.92. The lowest BCUT2D eigenvalue weighted by molar-refractivity contribution is -0.385. The van der Waals surface area contributed by atoms with E-state index in [0.717, 1.165) is 0 Å². The Kier molecular flexibility index (Phi) is 10.6. The summed E-state index contributed by atoms with van der Waals surface area (Å²) in [6.45, 7) is 1.67. The first kappa shape index (κ1) is 24.5. The SMILES string of the molecule is CN=C(NCCOc1c(Cl)cc(Cl)cc1Cl)NCCn1cc([N+](=O)[O-])cn1.I. The molecule has 0 unspecified atom stereocenters. The van der Waals surface area contributed by atoms with Gasteiger partial charge in [-0.1, -0.05) is 34.8 Å². The Morgan fingerprint density at radius 1 is 1.29 bits per heavy atom. The lowest BCUT2D eigenvalue weighted by Gasteiger charge is -2.13. The van der Waals surface area contributed by atoms with Crippen molar-refractivity contribution in [2.75, 3.05) is 26.7 Å². The quantitative estimate of drug-likeness (QED) is 0.127. The number of hydrogen-bond donors (Lipinski definition) is 2. The molecule has 0 aliphatic rings. The molecule has 2 rings (SSSR count). The summed E-state index contributed by atoms with van der Waals surface area (Å²) in [7, 11) is 1.63. The first-order valence-electron chi connectivity index (χ1n) is 7.79. The number of aromatic nitrogens is 2. The zero-order chi connectivity index (χ0) is 19.8. The van der Waals surface area contributed by atoms with Crippen molar-refractivity contribution >= 4 is 70.4 Å². The first-order chi connectivity index (χ1) is 12.9. The van der Waals surface area contributed by atoms with Crippen molar-refractivity contribution in [2.24, 2.45) is 4.99 Å². The highest BCUT2D eigenvalue weighted by Gasteiger charge is 2.10. The summed E-state index contributed by atoms with van der Waals surface area (Å²) in [5.41, 5.74) is -0.0471. The molecule has 2 aromatic rings. The van der Waals surface area contributed by atoms with Crippen molar-refractivity contribution in [1.82, 2.24) is 20.4 Å². The number of aliphatic imine (C=N–C) groups is 1. The zero-order valence-electron chi connectivity index (χ0n) is 14.7. The lowest BCUT2D eigenvalue weighted by Crippen LogP contribution is -2.40. The van der Waals surface area contributed by atoms with Crippen molar-refractivity contribution in [3.8, 4) is 5.75 Å².